The minimum absolute atomic E-state index is 0.0152. The zero-order valence-corrected chi connectivity index (χ0v) is 14.7. The second-order valence-corrected chi connectivity index (χ2v) is 6.95. The SMILES string of the molecule is O=C(CCC1CCNCC1)Nc1ccccc1NC(=O)N1CCCC1. The highest BCUT2D eigenvalue weighted by molar-refractivity contribution is 5.99. The smallest absolute Gasteiger partial charge is 0.321 e. The first kappa shape index (κ1) is 17.7. The van der Waals surface area contributed by atoms with Gasteiger partial charge in [-0.25, -0.2) is 4.79 Å². The minimum Gasteiger partial charge on any atom is -0.325 e. The van der Waals surface area contributed by atoms with Crippen molar-refractivity contribution in [2.24, 2.45) is 5.92 Å². The van der Waals surface area contributed by atoms with Crippen molar-refractivity contribution in [1.82, 2.24) is 10.2 Å². The molecule has 6 heteroatoms. The summed E-state index contributed by atoms with van der Waals surface area (Å²) >= 11 is 0. The molecule has 0 atom stereocenters. The summed E-state index contributed by atoms with van der Waals surface area (Å²) in [5.41, 5.74) is 1.33. The van der Waals surface area contributed by atoms with Gasteiger partial charge < -0.3 is 20.9 Å². The molecule has 2 heterocycles. The van der Waals surface area contributed by atoms with Gasteiger partial charge in [-0.2, -0.15) is 0 Å². The molecule has 0 spiro atoms. The molecule has 1 aromatic rings. The summed E-state index contributed by atoms with van der Waals surface area (Å²) in [6.07, 6.45) is 5.87. The number of carbonyl (C=O) groups is 2. The third-order valence-corrected chi connectivity index (χ3v) is 5.07. The lowest BCUT2D eigenvalue weighted by molar-refractivity contribution is -0.116. The Labute approximate surface area is 149 Å². The number of carbonyl (C=O) groups excluding carboxylic acids is 2. The highest BCUT2D eigenvalue weighted by Gasteiger charge is 2.19. The zero-order chi connectivity index (χ0) is 17.5. The summed E-state index contributed by atoms with van der Waals surface area (Å²) in [6.45, 7) is 3.71. The molecule has 3 amide bonds. The Kier molecular flexibility index (Phi) is 6.28. The Morgan fingerprint density at radius 2 is 1.68 bits per heavy atom. The maximum Gasteiger partial charge on any atom is 0.321 e. The molecule has 1 aromatic carbocycles. The molecule has 0 aliphatic carbocycles. The molecule has 0 aromatic heterocycles. The number of para-hydroxylation sites is 2. The molecule has 0 saturated carbocycles. The number of hydrogen-bond acceptors (Lipinski definition) is 3. The van der Waals surface area contributed by atoms with E-state index in [0.717, 1.165) is 58.3 Å². The monoisotopic (exact) mass is 344 g/mol. The molecular weight excluding hydrogens is 316 g/mol. The van der Waals surface area contributed by atoms with E-state index >= 15 is 0 Å². The van der Waals surface area contributed by atoms with Crippen LogP contribution < -0.4 is 16.0 Å². The predicted octanol–water partition coefficient (Wildman–Crippen LogP) is 3.03. The standard InChI is InChI=1S/C19H28N4O2/c24-18(8-7-15-9-11-20-12-10-15)21-16-5-1-2-6-17(16)22-19(25)23-13-3-4-14-23/h1-2,5-6,15,20H,3-4,7-14H2,(H,21,24)(H,22,25). The molecule has 0 bridgehead atoms. The molecular formula is C19H28N4O2. The Bertz CT molecular complexity index is 593. The highest BCUT2D eigenvalue weighted by atomic mass is 16.2. The van der Waals surface area contributed by atoms with Gasteiger partial charge in [0.1, 0.15) is 0 Å². The van der Waals surface area contributed by atoms with Crippen LogP contribution in [0.25, 0.3) is 0 Å². The van der Waals surface area contributed by atoms with E-state index in [1.807, 2.05) is 29.2 Å². The zero-order valence-electron chi connectivity index (χ0n) is 14.7. The van der Waals surface area contributed by atoms with Crippen LogP contribution in [0.2, 0.25) is 0 Å². The van der Waals surface area contributed by atoms with Crippen molar-refractivity contribution >= 4 is 23.3 Å². The van der Waals surface area contributed by atoms with Crippen LogP contribution in [0, 0.1) is 5.92 Å². The van der Waals surface area contributed by atoms with Crippen LogP contribution in [0.3, 0.4) is 0 Å². The van der Waals surface area contributed by atoms with E-state index in [0.29, 0.717) is 23.7 Å². The fourth-order valence-electron chi connectivity index (χ4n) is 3.53. The second-order valence-electron chi connectivity index (χ2n) is 6.95. The number of urea groups is 1. The number of rotatable bonds is 5. The van der Waals surface area contributed by atoms with Gasteiger partial charge in [0.25, 0.3) is 0 Å². The number of benzene rings is 1. The van der Waals surface area contributed by atoms with Gasteiger partial charge in [-0.1, -0.05) is 12.1 Å². The van der Waals surface area contributed by atoms with Gasteiger partial charge in [0.15, 0.2) is 0 Å². The lowest BCUT2D eigenvalue weighted by atomic mass is 9.93. The molecule has 0 radical (unpaired) electrons. The fraction of sp³-hybridized carbons (Fsp3) is 0.579. The maximum absolute atomic E-state index is 12.3. The van der Waals surface area contributed by atoms with Crippen molar-refractivity contribution in [3.05, 3.63) is 24.3 Å². The summed E-state index contributed by atoms with van der Waals surface area (Å²) in [6, 6.07) is 7.31. The van der Waals surface area contributed by atoms with E-state index in [1.165, 1.54) is 0 Å². The van der Waals surface area contributed by atoms with Gasteiger partial charge in [-0.05, 0) is 63.2 Å². The first-order chi connectivity index (χ1) is 12.2. The predicted molar refractivity (Wildman–Crippen MR) is 99.7 cm³/mol. The molecule has 6 nitrogen and oxygen atoms in total. The van der Waals surface area contributed by atoms with Gasteiger partial charge in [0, 0.05) is 19.5 Å². The molecule has 3 N–H and O–H groups in total. The Balaban J connectivity index is 1.52. The van der Waals surface area contributed by atoms with Crippen molar-refractivity contribution in [3.63, 3.8) is 0 Å². The average molecular weight is 344 g/mol. The van der Waals surface area contributed by atoms with Crippen molar-refractivity contribution in [1.29, 1.82) is 0 Å². The third kappa shape index (κ3) is 5.19. The van der Waals surface area contributed by atoms with Gasteiger partial charge in [-0.3, -0.25) is 4.79 Å². The number of nitrogens with zero attached hydrogens (tertiary/aromatic N) is 1. The molecule has 2 fully saturated rings. The highest BCUT2D eigenvalue weighted by Crippen LogP contribution is 2.23. The van der Waals surface area contributed by atoms with Gasteiger partial charge in [0.05, 0.1) is 11.4 Å². The molecule has 0 unspecified atom stereocenters. The summed E-state index contributed by atoms with van der Waals surface area (Å²) in [4.78, 5) is 26.4. The Hall–Kier alpha value is -2.08. The summed E-state index contributed by atoms with van der Waals surface area (Å²) in [5.74, 6) is 0.651. The number of anilines is 2. The molecule has 3 rings (SSSR count). The minimum atomic E-state index is -0.0890. The number of piperidine rings is 1. The van der Waals surface area contributed by atoms with Crippen LogP contribution in [0.5, 0.6) is 0 Å². The summed E-state index contributed by atoms with van der Waals surface area (Å²) in [5, 5.41) is 9.23. The van der Waals surface area contributed by atoms with E-state index in [1.54, 1.807) is 0 Å². The quantitative estimate of drug-likeness (QED) is 0.769. The topological polar surface area (TPSA) is 73.5 Å². The fourth-order valence-corrected chi connectivity index (χ4v) is 3.53. The second kappa shape index (κ2) is 8.85. The number of likely N-dealkylation sites (tertiary alicyclic amines) is 1. The van der Waals surface area contributed by atoms with Crippen LogP contribution in [-0.2, 0) is 4.79 Å². The van der Waals surface area contributed by atoms with Gasteiger partial charge in [-0.15, -0.1) is 0 Å². The molecule has 25 heavy (non-hydrogen) atoms. The Morgan fingerprint density at radius 3 is 2.36 bits per heavy atom. The molecule has 2 saturated heterocycles. The van der Waals surface area contributed by atoms with E-state index in [9.17, 15) is 9.59 Å². The van der Waals surface area contributed by atoms with E-state index < -0.39 is 0 Å². The van der Waals surface area contributed by atoms with Crippen LogP contribution >= 0.6 is 0 Å². The van der Waals surface area contributed by atoms with Crippen molar-refractivity contribution in [2.75, 3.05) is 36.8 Å². The largest absolute Gasteiger partial charge is 0.325 e. The van der Waals surface area contributed by atoms with Crippen LogP contribution in [-0.4, -0.2) is 43.0 Å². The number of hydrogen-bond donors (Lipinski definition) is 3. The number of nitrogens with one attached hydrogen (secondary N) is 3. The van der Waals surface area contributed by atoms with Crippen molar-refractivity contribution in [2.45, 2.75) is 38.5 Å². The van der Waals surface area contributed by atoms with E-state index in [-0.39, 0.29) is 11.9 Å². The maximum atomic E-state index is 12.3. The Morgan fingerprint density at radius 1 is 1.04 bits per heavy atom. The molecule has 2 aliphatic rings. The normalized spacial score (nSPS) is 18.2. The van der Waals surface area contributed by atoms with Crippen molar-refractivity contribution < 1.29 is 9.59 Å². The third-order valence-electron chi connectivity index (χ3n) is 5.07. The average Bonchev–Trinajstić information content (AvgIpc) is 3.17. The van der Waals surface area contributed by atoms with E-state index in [2.05, 4.69) is 16.0 Å². The summed E-state index contributed by atoms with van der Waals surface area (Å²) in [7, 11) is 0. The molecule has 2 aliphatic heterocycles. The van der Waals surface area contributed by atoms with Crippen molar-refractivity contribution in [3.8, 4) is 0 Å². The lowest BCUT2D eigenvalue weighted by Crippen LogP contribution is -2.32. The summed E-state index contributed by atoms with van der Waals surface area (Å²) < 4.78 is 0. The lowest BCUT2D eigenvalue weighted by Gasteiger charge is -2.22. The van der Waals surface area contributed by atoms with Crippen LogP contribution in [0.15, 0.2) is 24.3 Å². The molecule has 136 valence electrons. The van der Waals surface area contributed by atoms with Crippen LogP contribution in [0.1, 0.15) is 38.5 Å². The van der Waals surface area contributed by atoms with Gasteiger partial charge >= 0.3 is 6.03 Å². The number of amides is 3. The van der Waals surface area contributed by atoms with Gasteiger partial charge in [0.2, 0.25) is 5.91 Å². The van der Waals surface area contributed by atoms with E-state index in [4.69, 9.17) is 0 Å². The first-order valence-corrected chi connectivity index (χ1v) is 9.38. The first-order valence-electron chi connectivity index (χ1n) is 9.38. The van der Waals surface area contributed by atoms with Crippen LogP contribution in [0.4, 0.5) is 16.2 Å².